The van der Waals surface area contributed by atoms with Crippen LogP contribution in [0.15, 0.2) is 30.6 Å². The van der Waals surface area contributed by atoms with Crippen LogP contribution in [0.5, 0.6) is 11.5 Å². The van der Waals surface area contributed by atoms with Crippen LogP contribution in [0.2, 0.25) is 0 Å². The summed E-state index contributed by atoms with van der Waals surface area (Å²) in [6.45, 7) is 2.25. The van der Waals surface area contributed by atoms with E-state index in [1.54, 1.807) is 19.5 Å². The number of hydrogen-bond donors (Lipinski definition) is 0. The van der Waals surface area contributed by atoms with Crippen LogP contribution in [-0.2, 0) is 12.8 Å². The number of rotatable bonds is 4. The van der Waals surface area contributed by atoms with Crippen LogP contribution in [0, 0.1) is 5.92 Å². The number of amides is 1. The second-order valence-corrected chi connectivity index (χ2v) is 6.93. The number of benzene rings is 1. The highest BCUT2D eigenvalue weighted by Gasteiger charge is 2.25. The Hall–Kier alpha value is -2.63. The molecule has 1 unspecified atom stereocenters. The predicted octanol–water partition coefficient (Wildman–Crippen LogP) is 2.52. The van der Waals surface area contributed by atoms with Crippen LogP contribution < -0.4 is 9.47 Å². The summed E-state index contributed by atoms with van der Waals surface area (Å²) >= 11 is 0. The van der Waals surface area contributed by atoms with E-state index in [0.717, 1.165) is 61.5 Å². The molecule has 0 spiro atoms. The van der Waals surface area contributed by atoms with Gasteiger partial charge in [-0.15, -0.1) is 0 Å². The lowest BCUT2D eigenvalue weighted by atomic mass is 9.92. The van der Waals surface area contributed by atoms with Gasteiger partial charge in [-0.05, 0) is 37.3 Å². The molecule has 136 valence electrons. The van der Waals surface area contributed by atoms with Gasteiger partial charge in [0.05, 0.1) is 25.6 Å². The van der Waals surface area contributed by atoms with E-state index in [1.165, 1.54) is 0 Å². The van der Waals surface area contributed by atoms with E-state index in [4.69, 9.17) is 9.47 Å². The summed E-state index contributed by atoms with van der Waals surface area (Å²) in [5.74, 6) is 1.92. The molecule has 2 aliphatic rings. The molecule has 1 fully saturated rings. The van der Waals surface area contributed by atoms with Crippen molar-refractivity contribution >= 4 is 5.91 Å². The van der Waals surface area contributed by atoms with E-state index in [2.05, 4.69) is 16.0 Å². The first-order chi connectivity index (χ1) is 12.7. The average Bonchev–Trinajstić information content (AvgIpc) is 3.21. The molecule has 0 radical (unpaired) electrons. The summed E-state index contributed by atoms with van der Waals surface area (Å²) in [6, 6.07) is 5.97. The number of methoxy groups -OCH3 is 1. The fourth-order valence-corrected chi connectivity index (χ4v) is 3.73. The van der Waals surface area contributed by atoms with Crippen molar-refractivity contribution in [3.8, 4) is 11.5 Å². The lowest BCUT2D eigenvalue weighted by Gasteiger charge is -2.26. The molecule has 0 saturated carbocycles. The highest BCUT2D eigenvalue weighted by molar-refractivity contribution is 5.92. The van der Waals surface area contributed by atoms with Gasteiger partial charge in [0.2, 0.25) is 0 Å². The second-order valence-electron chi connectivity index (χ2n) is 6.93. The molecule has 2 aliphatic heterocycles. The molecule has 1 saturated heterocycles. The molecule has 4 rings (SSSR count). The molecule has 26 heavy (non-hydrogen) atoms. The largest absolute Gasteiger partial charge is 0.493 e. The van der Waals surface area contributed by atoms with E-state index < -0.39 is 0 Å². The molecule has 6 nitrogen and oxygen atoms in total. The number of hydrogen-bond acceptors (Lipinski definition) is 5. The lowest BCUT2D eigenvalue weighted by Crippen LogP contribution is -2.29. The quantitative estimate of drug-likeness (QED) is 0.845. The molecule has 0 bridgehead atoms. The van der Waals surface area contributed by atoms with E-state index in [-0.39, 0.29) is 5.91 Å². The fourth-order valence-electron chi connectivity index (χ4n) is 3.73. The Morgan fingerprint density at radius 1 is 1.31 bits per heavy atom. The number of nitrogens with zero attached hydrogens (tertiary/aromatic N) is 3. The van der Waals surface area contributed by atoms with Gasteiger partial charge in [0, 0.05) is 25.2 Å². The molecule has 0 N–H and O–H groups in total. The van der Waals surface area contributed by atoms with E-state index >= 15 is 0 Å². The molecule has 1 aromatic carbocycles. The van der Waals surface area contributed by atoms with Gasteiger partial charge >= 0.3 is 0 Å². The third kappa shape index (κ3) is 3.36. The van der Waals surface area contributed by atoms with Crippen molar-refractivity contribution in [2.45, 2.75) is 25.7 Å². The summed E-state index contributed by atoms with van der Waals surface area (Å²) in [5, 5.41) is 0. The zero-order valence-electron chi connectivity index (χ0n) is 15.0. The Morgan fingerprint density at radius 3 is 2.96 bits per heavy atom. The molecule has 1 aromatic heterocycles. The third-order valence-corrected chi connectivity index (χ3v) is 5.05. The van der Waals surface area contributed by atoms with Crippen LogP contribution in [0.1, 0.15) is 34.6 Å². The SMILES string of the molecule is COc1cccc2c1OCC(Cc1cncc(C(=O)N3CCCC3)n1)C2. The van der Waals surface area contributed by atoms with Crippen LogP contribution in [0.3, 0.4) is 0 Å². The zero-order chi connectivity index (χ0) is 17.9. The van der Waals surface area contributed by atoms with Crippen LogP contribution in [0.4, 0.5) is 0 Å². The van der Waals surface area contributed by atoms with Crippen molar-refractivity contribution in [3.05, 3.63) is 47.5 Å². The van der Waals surface area contributed by atoms with Crippen LogP contribution >= 0.6 is 0 Å². The topological polar surface area (TPSA) is 64.6 Å². The summed E-state index contributed by atoms with van der Waals surface area (Å²) in [5.41, 5.74) is 2.44. The predicted molar refractivity (Wildman–Crippen MR) is 96.6 cm³/mol. The Kier molecular flexibility index (Phi) is 4.73. The maximum atomic E-state index is 12.5. The summed E-state index contributed by atoms with van der Waals surface area (Å²) < 4.78 is 11.3. The zero-order valence-corrected chi connectivity index (χ0v) is 15.0. The molecule has 3 heterocycles. The summed E-state index contributed by atoms with van der Waals surface area (Å²) in [6.07, 6.45) is 7.11. The molecular formula is C20H23N3O3. The van der Waals surface area contributed by atoms with Gasteiger partial charge in [0.1, 0.15) is 5.69 Å². The van der Waals surface area contributed by atoms with Gasteiger partial charge in [0.25, 0.3) is 5.91 Å². The van der Waals surface area contributed by atoms with Crippen molar-refractivity contribution in [3.63, 3.8) is 0 Å². The van der Waals surface area contributed by atoms with Crippen molar-refractivity contribution < 1.29 is 14.3 Å². The van der Waals surface area contributed by atoms with E-state index in [1.807, 2.05) is 17.0 Å². The highest BCUT2D eigenvalue weighted by atomic mass is 16.5. The Morgan fingerprint density at radius 2 is 2.15 bits per heavy atom. The van der Waals surface area contributed by atoms with Crippen molar-refractivity contribution in [2.75, 3.05) is 26.8 Å². The van der Waals surface area contributed by atoms with Gasteiger partial charge < -0.3 is 14.4 Å². The Bertz CT molecular complexity index is 803. The normalized spacial score (nSPS) is 19.0. The molecule has 6 heteroatoms. The molecule has 1 atom stereocenters. The van der Waals surface area contributed by atoms with Crippen molar-refractivity contribution in [1.29, 1.82) is 0 Å². The van der Waals surface area contributed by atoms with E-state index in [0.29, 0.717) is 18.2 Å². The first-order valence-electron chi connectivity index (χ1n) is 9.13. The highest BCUT2D eigenvalue weighted by Crippen LogP contribution is 2.36. The van der Waals surface area contributed by atoms with Gasteiger partial charge in [-0.1, -0.05) is 12.1 Å². The first kappa shape index (κ1) is 16.8. The average molecular weight is 353 g/mol. The number of ether oxygens (including phenoxy) is 2. The molecule has 2 aromatic rings. The summed E-state index contributed by atoms with van der Waals surface area (Å²) in [7, 11) is 1.66. The minimum absolute atomic E-state index is 0.00757. The maximum absolute atomic E-state index is 12.5. The Labute approximate surface area is 153 Å². The van der Waals surface area contributed by atoms with E-state index in [9.17, 15) is 4.79 Å². The van der Waals surface area contributed by atoms with Crippen molar-refractivity contribution in [1.82, 2.24) is 14.9 Å². The number of carbonyl (C=O) groups excluding carboxylic acids is 1. The van der Waals surface area contributed by atoms with Gasteiger partial charge in [0.15, 0.2) is 11.5 Å². The second kappa shape index (κ2) is 7.32. The lowest BCUT2D eigenvalue weighted by molar-refractivity contribution is 0.0786. The number of aromatic nitrogens is 2. The minimum Gasteiger partial charge on any atom is -0.493 e. The summed E-state index contributed by atoms with van der Waals surface area (Å²) in [4.78, 5) is 23.2. The third-order valence-electron chi connectivity index (χ3n) is 5.05. The standard InChI is InChI=1S/C20H23N3O3/c1-25-18-6-4-5-15-9-14(13-26-19(15)18)10-16-11-21-12-17(22-16)20(24)23-7-2-3-8-23/h4-6,11-12,14H,2-3,7-10,13H2,1H3. The Balaban J connectivity index is 1.46. The minimum atomic E-state index is -0.00757. The monoisotopic (exact) mass is 353 g/mol. The molecule has 0 aliphatic carbocycles. The first-order valence-corrected chi connectivity index (χ1v) is 9.13. The maximum Gasteiger partial charge on any atom is 0.274 e. The van der Waals surface area contributed by atoms with Gasteiger partial charge in [-0.25, -0.2) is 4.98 Å². The van der Waals surface area contributed by atoms with Gasteiger partial charge in [-0.2, -0.15) is 0 Å². The molecule has 1 amide bonds. The van der Waals surface area contributed by atoms with Gasteiger partial charge in [-0.3, -0.25) is 9.78 Å². The smallest absolute Gasteiger partial charge is 0.274 e. The van der Waals surface area contributed by atoms with Crippen molar-refractivity contribution in [2.24, 2.45) is 5.92 Å². The number of para-hydroxylation sites is 1. The number of likely N-dealkylation sites (tertiary alicyclic amines) is 1. The fraction of sp³-hybridized carbons (Fsp3) is 0.450. The van der Waals surface area contributed by atoms with Crippen LogP contribution in [0.25, 0.3) is 0 Å². The number of carbonyl (C=O) groups is 1. The number of fused-ring (bicyclic) bond motifs is 1. The van der Waals surface area contributed by atoms with Crippen LogP contribution in [-0.4, -0.2) is 47.6 Å². The molecular weight excluding hydrogens is 330 g/mol.